The number of rotatable bonds is 7. The smallest absolute Gasteiger partial charge is 0.331 e. The molecule has 2 aromatic rings. The Labute approximate surface area is 166 Å². The summed E-state index contributed by atoms with van der Waals surface area (Å²) < 4.78 is 15.2. The summed E-state index contributed by atoms with van der Waals surface area (Å²) in [6.07, 6.45) is 2.66. The van der Waals surface area contributed by atoms with Crippen LogP contribution in [0.3, 0.4) is 0 Å². The third kappa shape index (κ3) is 6.20. The molecule has 0 aliphatic carbocycles. The Morgan fingerprint density at radius 1 is 1.04 bits per heavy atom. The van der Waals surface area contributed by atoms with Gasteiger partial charge in [-0.25, -0.2) is 4.79 Å². The third-order valence-electron chi connectivity index (χ3n) is 3.37. The number of esters is 1. The monoisotopic (exact) mass is 409 g/mol. The van der Waals surface area contributed by atoms with Crippen LogP contribution in [0.5, 0.6) is 11.5 Å². The Morgan fingerprint density at radius 2 is 1.78 bits per heavy atom. The standard InChI is InChI=1S/C19H17Cl2NO5/c1-25-16-7-6-14(10-17(16)26-2)22-18(23)11-27-19(24)8-4-12-3-5-13(20)9-15(12)21/h3-10H,11H2,1-2H3,(H,22,23)/b8-4+. The minimum Gasteiger partial charge on any atom is -0.493 e. The van der Waals surface area contributed by atoms with Crippen molar-refractivity contribution < 1.29 is 23.8 Å². The fraction of sp³-hybridized carbons (Fsp3) is 0.158. The molecule has 0 heterocycles. The first-order valence-electron chi connectivity index (χ1n) is 7.74. The lowest BCUT2D eigenvalue weighted by molar-refractivity contribution is -0.142. The highest BCUT2D eigenvalue weighted by Gasteiger charge is 2.09. The van der Waals surface area contributed by atoms with Crippen LogP contribution in [0.2, 0.25) is 10.0 Å². The van der Waals surface area contributed by atoms with Crippen LogP contribution in [0.25, 0.3) is 6.08 Å². The molecule has 0 aliphatic heterocycles. The molecule has 0 aliphatic rings. The van der Waals surface area contributed by atoms with Gasteiger partial charge in [-0.1, -0.05) is 29.3 Å². The Kier molecular flexibility index (Phi) is 7.52. The van der Waals surface area contributed by atoms with Gasteiger partial charge >= 0.3 is 5.97 Å². The van der Waals surface area contributed by atoms with Crippen molar-refractivity contribution in [1.82, 2.24) is 0 Å². The van der Waals surface area contributed by atoms with Gasteiger partial charge in [-0.15, -0.1) is 0 Å². The number of amides is 1. The van der Waals surface area contributed by atoms with Crippen molar-refractivity contribution in [1.29, 1.82) is 0 Å². The summed E-state index contributed by atoms with van der Waals surface area (Å²) in [5.74, 6) is -0.167. The molecule has 0 fully saturated rings. The highest BCUT2D eigenvalue weighted by Crippen LogP contribution is 2.29. The largest absolute Gasteiger partial charge is 0.493 e. The number of carbonyl (C=O) groups is 2. The van der Waals surface area contributed by atoms with Crippen LogP contribution in [0.4, 0.5) is 5.69 Å². The van der Waals surface area contributed by atoms with Gasteiger partial charge in [0.1, 0.15) is 0 Å². The van der Waals surface area contributed by atoms with Gasteiger partial charge in [0, 0.05) is 27.9 Å². The number of nitrogens with one attached hydrogen (secondary N) is 1. The van der Waals surface area contributed by atoms with Crippen LogP contribution in [-0.2, 0) is 14.3 Å². The molecule has 0 saturated carbocycles. The van der Waals surface area contributed by atoms with Gasteiger partial charge in [0.05, 0.1) is 14.2 Å². The first-order chi connectivity index (χ1) is 12.9. The fourth-order valence-corrected chi connectivity index (χ4v) is 2.56. The van der Waals surface area contributed by atoms with E-state index in [1.807, 2.05) is 0 Å². The number of anilines is 1. The van der Waals surface area contributed by atoms with Crippen molar-refractivity contribution in [3.8, 4) is 11.5 Å². The Bertz CT molecular complexity index is 867. The number of carbonyl (C=O) groups excluding carboxylic acids is 2. The molecular weight excluding hydrogens is 393 g/mol. The van der Waals surface area contributed by atoms with Crippen molar-refractivity contribution in [2.45, 2.75) is 0 Å². The number of benzene rings is 2. The zero-order valence-corrected chi connectivity index (χ0v) is 16.1. The van der Waals surface area contributed by atoms with Gasteiger partial charge in [0.25, 0.3) is 5.91 Å². The van der Waals surface area contributed by atoms with E-state index in [1.165, 1.54) is 26.4 Å². The fourth-order valence-electron chi connectivity index (χ4n) is 2.09. The molecule has 0 radical (unpaired) electrons. The molecule has 6 nitrogen and oxygen atoms in total. The van der Waals surface area contributed by atoms with E-state index in [9.17, 15) is 9.59 Å². The van der Waals surface area contributed by atoms with E-state index in [0.29, 0.717) is 32.8 Å². The van der Waals surface area contributed by atoms with Gasteiger partial charge in [0.2, 0.25) is 0 Å². The molecule has 0 unspecified atom stereocenters. The molecule has 0 atom stereocenters. The molecule has 0 saturated heterocycles. The van der Waals surface area contributed by atoms with Crippen molar-refractivity contribution in [2.75, 3.05) is 26.1 Å². The third-order valence-corrected chi connectivity index (χ3v) is 3.94. The van der Waals surface area contributed by atoms with E-state index in [-0.39, 0.29) is 0 Å². The lowest BCUT2D eigenvalue weighted by Crippen LogP contribution is -2.20. The van der Waals surface area contributed by atoms with Gasteiger partial charge in [-0.05, 0) is 35.9 Å². The van der Waals surface area contributed by atoms with Crippen molar-refractivity contribution in [3.05, 3.63) is 58.1 Å². The van der Waals surface area contributed by atoms with Crippen LogP contribution < -0.4 is 14.8 Å². The first kappa shape index (κ1) is 20.6. The van der Waals surface area contributed by atoms with Crippen molar-refractivity contribution in [2.24, 2.45) is 0 Å². The van der Waals surface area contributed by atoms with Crippen LogP contribution in [0, 0.1) is 0 Å². The second-order valence-corrected chi connectivity index (χ2v) is 6.07. The van der Waals surface area contributed by atoms with E-state index in [1.54, 1.807) is 36.4 Å². The minimum absolute atomic E-state index is 0.401. The van der Waals surface area contributed by atoms with E-state index in [2.05, 4.69) is 5.32 Å². The van der Waals surface area contributed by atoms with Crippen LogP contribution in [0.15, 0.2) is 42.5 Å². The van der Waals surface area contributed by atoms with E-state index in [4.69, 9.17) is 37.4 Å². The number of methoxy groups -OCH3 is 2. The minimum atomic E-state index is -0.677. The topological polar surface area (TPSA) is 73.9 Å². The van der Waals surface area contributed by atoms with Gasteiger partial charge in [-0.2, -0.15) is 0 Å². The molecule has 27 heavy (non-hydrogen) atoms. The quantitative estimate of drug-likeness (QED) is 0.547. The second-order valence-electron chi connectivity index (χ2n) is 5.22. The highest BCUT2D eigenvalue weighted by molar-refractivity contribution is 6.35. The van der Waals surface area contributed by atoms with E-state index in [0.717, 1.165) is 0 Å². The van der Waals surface area contributed by atoms with E-state index >= 15 is 0 Å². The predicted octanol–water partition coefficient (Wildman–Crippen LogP) is 4.21. The number of hydrogen-bond acceptors (Lipinski definition) is 5. The van der Waals surface area contributed by atoms with E-state index < -0.39 is 18.5 Å². The van der Waals surface area contributed by atoms with Crippen molar-refractivity contribution in [3.63, 3.8) is 0 Å². The highest BCUT2D eigenvalue weighted by atomic mass is 35.5. The van der Waals surface area contributed by atoms with Crippen LogP contribution in [-0.4, -0.2) is 32.7 Å². The molecule has 2 aromatic carbocycles. The maximum absolute atomic E-state index is 11.9. The lowest BCUT2D eigenvalue weighted by Gasteiger charge is -2.10. The molecular formula is C19H17Cl2NO5. The maximum atomic E-state index is 11.9. The van der Waals surface area contributed by atoms with Gasteiger partial charge in [-0.3, -0.25) is 4.79 Å². The molecule has 0 aromatic heterocycles. The Hall–Kier alpha value is -2.70. The molecule has 2 rings (SSSR count). The summed E-state index contributed by atoms with van der Waals surface area (Å²) >= 11 is 11.8. The zero-order valence-electron chi connectivity index (χ0n) is 14.6. The Balaban J connectivity index is 1.87. The molecule has 1 amide bonds. The average Bonchev–Trinajstić information content (AvgIpc) is 2.65. The summed E-state index contributed by atoms with van der Waals surface area (Å²) in [5, 5.41) is 3.49. The predicted molar refractivity (Wildman–Crippen MR) is 105 cm³/mol. The van der Waals surface area contributed by atoms with Gasteiger partial charge < -0.3 is 19.5 Å². The zero-order chi connectivity index (χ0) is 19.8. The Morgan fingerprint density at radius 3 is 2.44 bits per heavy atom. The summed E-state index contributed by atoms with van der Waals surface area (Å²) in [7, 11) is 3.00. The SMILES string of the molecule is COc1ccc(NC(=O)COC(=O)/C=C/c2ccc(Cl)cc2Cl)cc1OC. The molecule has 142 valence electrons. The maximum Gasteiger partial charge on any atom is 0.331 e. The summed E-state index contributed by atoms with van der Waals surface area (Å²) in [6.45, 7) is -0.439. The summed E-state index contributed by atoms with van der Waals surface area (Å²) in [5.41, 5.74) is 1.09. The number of halogens is 2. The summed E-state index contributed by atoms with van der Waals surface area (Å²) in [6, 6.07) is 9.77. The molecule has 0 bridgehead atoms. The molecule has 8 heteroatoms. The van der Waals surface area contributed by atoms with Crippen molar-refractivity contribution >= 4 is 46.8 Å². The summed E-state index contributed by atoms with van der Waals surface area (Å²) in [4.78, 5) is 23.7. The average molecular weight is 410 g/mol. The molecule has 1 N–H and O–H groups in total. The molecule has 0 spiro atoms. The number of hydrogen-bond donors (Lipinski definition) is 1. The van der Waals surface area contributed by atoms with Crippen LogP contribution in [0.1, 0.15) is 5.56 Å². The van der Waals surface area contributed by atoms with Gasteiger partial charge in [0.15, 0.2) is 18.1 Å². The first-order valence-corrected chi connectivity index (χ1v) is 8.50. The normalized spacial score (nSPS) is 10.5. The van der Waals surface area contributed by atoms with Crippen LogP contribution >= 0.6 is 23.2 Å². The number of ether oxygens (including phenoxy) is 3. The second kappa shape index (κ2) is 9.85. The lowest BCUT2D eigenvalue weighted by atomic mass is 10.2.